The molecule has 0 spiro atoms. The van der Waals surface area contributed by atoms with Crippen molar-refractivity contribution in [2.45, 2.75) is 6.92 Å². The summed E-state index contributed by atoms with van der Waals surface area (Å²) in [5.74, 6) is 0.0554. The van der Waals surface area contributed by atoms with Gasteiger partial charge in [-0.25, -0.2) is 4.98 Å². The summed E-state index contributed by atoms with van der Waals surface area (Å²) in [6.45, 7) is 1.91. The maximum atomic E-state index is 12.4. The van der Waals surface area contributed by atoms with E-state index in [1.54, 1.807) is 49.6 Å². The minimum atomic E-state index is -0.267. The Kier molecular flexibility index (Phi) is 6.18. The van der Waals surface area contributed by atoms with Crippen molar-refractivity contribution in [3.05, 3.63) is 76.3 Å². The van der Waals surface area contributed by atoms with Gasteiger partial charge in [-0.2, -0.15) is 0 Å². The predicted octanol–water partition coefficient (Wildman–Crippen LogP) is 4.36. The SMILES string of the molecule is COc1ccccc1NC(=O)c1ccc(NC(=O)/C=C/c2csc(C)n2)cc1. The van der Waals surface area contributed by atoms with Gasteiger partial charge >= 0.3 is 0 Å². The van der Waals surface area contributed by atoms with Crippen LogP contribution in [0.2, 0.25) is 0 Å². The van der Waals surface area contributed by atoms with Crippen molar-refractivity contribution in [2.24, 2.45) is 0 Å². The summed E-state index contributed by atoms with van der Waals surface area (Å²) in [6, 6.07) is 13.8. The minimum Gasteiger partial charge on any atom is -0.495 e. The first-order chi connectivity index (χ1) is 13.5. The molecule has 1 aromatic heterocycles. The number of aryl methyl sites for hydroxylation is 1. The molecule has 0 radical (unpaired) electrons. The lowest BCUT2D eigenvalue weighted by Crippen LogP contribution is -2.13. The molecule has 28 heavy (non-hydrogen) atoms. The highest BCUT2D eigenvalue weighted by Crippen LogP contribution is 2.23. The number of carbonyl (C=O) groups is 2. The van der Waals surface area contributed by atoms with Crippen LogP contribution in [0.15, 0.2) is 60.0 Å². The molecular formula is C21H19N3O3S. The zero-order valence-corrected chi connectivity index (χ0v) is 16.2. The second kappa shape index (κ2) is 8.96. The van der Waals surface area contributed by atoms with Gasteiger partial charge in [0.2, 0.25) is 5.91 Å². The molecule has 2 aromatic carbocycles. The standard InChI is InChI=1S/C21H19N3O3S/c1-14-22-17(13-28-14)11-12-20(25)23-16-9-7-15(8-10-16)21(26)24-18-5-3-4-6-19(18)27-2/h3-13H,1-2H3,(H,23,25)(H,24,26)/b12-11+. The number of ether oxygens (including phenoxy) is 1. The summed E-state index contributed by atoms with van der Waals surface area (Å²) < 4.78 is 5.23. The lowest BCUT2D eigenvalue weighted by atomic mass is 10.2. The number of carbonyl (C=O) groups excluding carboxylic acids is 2. The predicted molar refractivity (Wildman–Crippen MR) is 112 cm³/mol. The van der Waals surface area contributed by atoms with Gasteiger partial charge < -0.3 is 15.4 Å². The molecule has 3 aromatic rings. The highest BCUT2D eigenvalue weighted by atomic mass is 32.1. The van der Waals surface area contributed by atoms with Crippen LogP contribution < -0.4 is 15.4 Å². The van der Waals surface area contributed by atoms with E-state index >= 15 is 0 Å². The molecule has 7 heteroatoms. The van der Waals surface area contributed by atoms with Gasteiger partial charge in [0.15, 0.2) is 0 Å². The highest BCUT2D eigenvalue weighted by Gasteiger charge is 2.09. The summed E-state index contributed by atoms with van der Waals surface area (Å²) in [4.78, 5) is 28.7. The van der Waals surface area contributed by atoms with Gasteiger partial charge in [0.1, 0.15) is 5.75 Å². The van der Waals surface area contributed by atoms with Crippen LogP contribution in [-0.2, 0) is 4.79 Å². The molecule has 0 fully saturated rings. The molecule has 1 heterocycles. The van der Waals surface area contributed by atoms with Crippen molar-refractivity contribution < 1.29 is 14.3 Å². The summed E-state index contributed by atoms with van der Waals surface area (Å²) >= 11 is 1.53. The molecule has 2 N–H and O–H groups in total. The van der Waals surface area contributed by atoms with Gasteiger partial charge in [0.05, 0.1) is 23.5 Å². The first-order valence-corrected chi connectivity index (χ1v) is 9.39. The van der Waals surface area contributed by atoms with Crippen LogP contribution in [0.1, 0.15) is 21.1 Å². The Balaban J connectivity index is 1.60. The molecule has 0 aliphatic rings. The lowest BCUT2D eigenvalue weighted by molar-refractivity contribution is -0.111. The second-order valence-corrected chi connectivity index (χ2v) is 6.91. The topological polar surface area (TPSA) is 80.3 Å². The number of benzene rings is 2. The van der Waals surface area contributed by atoms with Crippen LogP contribution in [0, 0.1) is 6.92 Å². The molecule has 0 saturated heterocycles. The highest BCUT2D eigenvalue weighted by molar-refractivity contribution is 7.09. The van der Waals surface area contributed by atoms with Crippen LogP contribution in [0.5, 0.6) is 5.75 Å². The zero-order chi connectivity index (χ0) is 19.9. The largest absolute Gasteiger partial charge is 0.495 e. The number of nitrogens with zero attached hydrogens (tertiary/aromatic N) is 1. The van der Waals surface area contributed by atoms with Gasteiger partial charge in [-0.05, 0) is 49.4 Å². The van der Waals surface area contributed by atoms with E-state index in [0.717, 1.165) is 10.7 Å². The van der Waals surface area contributed by atoms with Crippen molar-refractivity contribution in [3.63, 3.8) is 0 Å². The van der Waals surface area contributed by atoms with E-state index < -0.39 is 0 Å². The van der Waals surface area contributed by atoms with E-state index in [9.17, 15) is 9.59 Å². The summed E-state index contributed by atoms with van der Waals surface area (Å²) in [6.07, 6.45) is 3.09. The molecular weight excluding hydrogens is 374 g/mol. The van der Waals surface area contributed by atoms with Crippen LogP contribution in [0.3, 0.4) is 0 Å². The number of hydrogen-bond acceptors (Lipinski definition) is 5. The molecule has 0 bridgehead atoms. The Morgan fingerprint density at radius 2 is 1.82 bits per heavy atom. The van der Waals surface area contributed by atoms with Gasteiger partial charge in [-0.3, -0.25) is 9.59 Å². The third kappa shape index (κ3) is 5.05. The zero-order valence-electron chi connectivity index (χ0n) is 15.4. The third-order valence-electron chi connectivity index (χ3n) is 3.81. The Hall–Kier alpha value is -3.45. The molecule has 0 unspecified atom stereocenters. The molecule has 142 valence electrons. The molecule has 0 atom stereocenters. The van der Waals surface area contributed by atoms with Gasteiger partial charge in [0, 0.05) is 22.7 Å². The maximum absolute atomic E-state index is 12.4. The fraction of sp³-hybridized carbons (Fsp3) is 0.0952. The van der Waals surface area contributed by atoms with E-state index in [-0.39, 0.29) is 11.8 Å². The Bertz CT molecular complexity index is 1010. The number of rotatable bonds is 6. The fourth-order valence-electron chi connectivity index (χ4n) is 2.45. The van der Waals surface area contributed by atoms with Crippen molar-refractivity contribution in [2.75, 3.05) is 17.7 Å². The minimum absolute atomic E-state index is 0.263. The Morgan fingerprint density at radius 3 is 2.50 bits per heavy atom. The monoisotopic (exact) mass is 393 g/mol. The fourth-order valence-corrected chi connectivity index (χ4v) is 3.03. The maximum Gasteiger partial charge on any atom is 0.255 e. The van der Waals surface area contributed by atoms with Gasteiger partial charge in [-0.1, -0.05) is 12.1 Å². The quantitative estimate of drug-likeness (QED) is 0.610. The first kappa shape index (κ1) is 19.3. The normalized spacial score (nSPS) is 10.6. The number of para-hydroxylation sites is 2. The smallest absolute Gasteiger partial charge is 0.255 e. The summed E-state index contributed by atoms with van der Waals surface area (Å²) in [7, 11) is 1.55. The number of thiazole rings is 1. The van der Waals surface area contributed by atoms with Crippen LogP contribution >= 0.6 is 11.3 Å². The molecule has 0 aliphatic carbocycles. The first-order valence-electron chi connectivity index (χ1n) is 8.51. The average Bonchev–Trinajstić information content (AvgIpc) is 3.12. The number of methoxy groups -OCH3 is 1. The number of anilines is 2. The number of amides is 2. The van der Waals surface area contributed by atoms with E-state index in [4.69, 9.17) is 4.74 Å². The third-order valence-corrected chi connectivity index (χ3v) is 4.60. The van der Waals surface area contributed by atoms with E-state index in [0.29, 0.717) is 22.7 Å². The van der Waals surface area contributed by atoms with E-state index in [2.05, 4.69) is 15.6 Å². The van der Waals surface area contributed by atoms with Gasteiger partial charge in [-0.15, -0.1) is 11.3 Å². The molecule has 6 nitrogen and oxygen atoms in total. The molecule has 0 aliphatic heterocycles. The second-order valence-electron chi connectivity index (χ2n) is 5.85. The van der Waals surface area contributed by atoms with Crippen LogP contribution in [0.4, 0.5) is 11.4 Å². The van der Waals surface area contributed by atoms with Crippen molar-refractivity contribution >= 4 is 40.6 Å². The molecule has 3 rings (SSSR count). The number of nitrogens with one attached hydrogen (secondary N) is 2. The van der Waals surface area contributed by atoms with Crippen LogP contribution in [-0.4, -0.2) is 23.9 Å². The van der Waals surface area contributed by atoms with Crippen molar-refractivity contribution in [1.29, 1.82) is 0 Å². The summed E-state index contributed by atoms with van der Waals surface area (Å²) in [5, 5.41) is 8.39. The Labute approximate surface area is 166 Å². The van der Waals surface area contributed by atoms with Crippen molar-refractivity contribution in [1.82, 2.24) is 4.98 Å². The van der Waals surface area contributed by atoms with E-state index in [1.165, 1.54) is 17.4 Å². The van der Waals surface area contributed by atoms with Crippen molar-refractivity contribution in [3.8, 4) is 5.75 Å². The molecule has 0 saturated carbocycles. The number of aromatic nitrogens is 1. The molecule has 2 amide bonds. The average molecular weight is 393 g/mol. The van der Waals surface area contributed by atoms with E-state index in [1.807, 2.05) is 24.4 Å². The summed E-state index contributed by atoms with van der Waals surface area (Å²) in [5.41, 5.74) is 2.41. The van der Waals surface area contributed by atoms with Gasteiger partial charge in [0.25, 0.3) is 5.91 Å². The van der Waals surface area contributed by atoms with Crippen LogP contribution in [0.25, 0.3) is 6.08 Å². The Morgan fingerprint density at radius 1 is 1.07 bits per heavy atom. The number of hydrogen-bond donors (Lipinski definition) is 2. The lowest BCUT2D eigenvalue weighted by Gasteiger charge is -2.10.